The van der Waals surface area contributed by atoms with Gasteiger partial charge in [0, 0.05) is 12.6 Å². The van der Waals surface area contributed by atoms with Crippen LogP contribution in [0.25, 0.3) is 0 Å². The Bertz CT molecular complexity index is 374. The maximum absolute atomic E-state index is 13.7. The van der Waals surface area contributed by atoms with Gasteiger partial charge in [-0.3, -0.25) is 0 Å². The SMILES string of the molecule is CC(Cc1cccc(Br)c1F)NCC(C)(C)F. The second-order valence-corrected chi connectivity index (χ2v) is 5.77. The van der Waals surface area contributed by atoms with Gasteiger partial charge in [0.15, 0.2) is 0 Å². The number of hydrogen-bond acceptors (Lipinski definition) is 1. The van der Waals surface area contributed by atoms with E-state index in [9.17, 15) is 8.78 Å². The van der Waals surface area contributed by atoms with E-state index in [0.717, 1.165) is 0 Å². The molecular formula is C13H18BrF2N. The molecule has 0 fully saturated rings. The van der Waals surface area contributed by atoms with Crippen molar-refractivity contribution in [3.05, 3.63) is 34.1 Å². The zero-order valence-electron chi connectivity index (χ0n) is 10.4. The van der Waals surface area contributed by atoms with Crippen LogP contribution in [0.1, 0.15) is 26.3 Å². The molecule has 1 atom stereocenters. The van der Waals surface area contributed by atoms with Crippen LogP contribution in [0.3, 0.4) is 0 Å². The molecule has 1 aromatic carbocycles. The first kappa shape index (κ1) is 14.6. The monoisotopic (exact) mass is 305 g/mol. The minimum atomic E-state index is -1.25. The number of halogens is 3. The van der Waals surface area contributed by atoms with E-state index in [1.165, 1.54) is 13.8 Å². The molecule has 0 aliphatic rings. The van der Waals surface area contributed by atoms with Crippen LogP contribution in [0.15, 0.2) is 22.7 Å². The fourth-order valence-corrected chi connectivity index (χ4v) is 1.93. The minimum Gasteiger partial charge on any atom is -0.311 e. The van der Waals surface area contributed by atoms with E-state index in [4.69, 9.17) is 0 Å². The molecule has 0 aliphatic carbocycles. The summed E-state index contributed by atoms with van der Waals surface area (Å²) in [7, 11) is 0. The summed E-state index contributed by atoms with van der Waals surface area (Å²) < 4.78 is 27.4. The highest BCUT2D eigenvalue weighted by Gasteiger charge is 2.17. The lowest BCUT2D eigenvalue weighted by molar-refractivity contribution is 0.204. The maximum atomic E-state index is 13.7. The van der Waals surface area contributed by atoms with Gasteiger partial charge in [0.2, 0.25) is 0 Å². The van der Waals surface area contributed by atoms with E-state index in [-0.39, 0.29) is 18.4 Å². The van der Waals surface area contributed by atoms with Gasteiger partial charge in [0.25, 0.3) is 0 Å². The van der Waals surface area contributed by atoms with Crippen molar-refractivity contribution in [2.75, 3.05) is 6.54 Å². The predicted octanol–water partition coefficient (Wildman–Crippen LogP) is 3.86. The van der Waals surface area contributed by atoms with Crippen LogP contribution in [0.5, 0.6) is 0 Å². The fraction of sp³-hybridized carbons (Fsp3) is 0.538. The molecule has 0 spiro atoms. The van der Waals surface area contributed by atoms with Crippen LogP contribution in [0, 0.1) is 5.82 Å². The molecule has 1 nitrogen and oxygen atoms in total. The standard InChI is InChI=1S/C13H18BrF2N/c1-9(17-8-13(2,3)16)7-10-5-4-6-11(14)12(10)15/h4-6,9,17H,7-8H2,1-3H3. The van der Waals surface area contributed by atoms with Crippen LogP contribution in [0.2, 0.25) is 0 Å². The highest BCUT2D eigenvalue weighted by Crippen LogP contribution is 2.19. The van der Waals surface area contributed by atoms with Crippen LogP contribution in [-0.2, 0) is 6.42 Å². The fourth-order valence-electron chi connectivity index (χ4n) is 1.53. The molecule has 96 valence electrons. The molecule has 0 radical (unpaired) electrons. The second kappa shape index (κ2) is 5.91. The smallest absolute Gasteiger partial charge is 0.140 e. The molecule has 17 heavy (non-hydrogen) atoms. The number of nitrogens with one attached hydrogen (secondary N) is 1. The van der Waals surface area contributed by atoms with Crippen molar-refractivity contribution >= 4 is 15.9 Å². The summed E-state index contributed by atoms with van der Waals surface area (Å²) in [6, 6.07) is 5.25. The van der Waals surface area contributed by atoms with E-state index in [2.05, 4.69) is 21.2 Å². The summed E-state index contributed by atoms with van der Waals surface area (Å²) in [6.45, 7) is 5.23. The first-order valence-electron chi connectivity index (χ1n) is 5.65. The molecule has 1 aromatic rings. The number of hydrogen-bond donors (Lipinski definition) is 1. The van der Waals surface area contributed by atoms with Crippen molar-refractivity contribution in [1.29, 1.82) is 0 Å². The summed E-state index contributed by atoms with van der Waals surface area (Å²) in [5, 5.41) is 3.06. The molecule has 0 aliphatic heterocycles. The lowest BCUT2D eigenvalue weighted by Gasteiger charge is -2.20. The lowest BCUT2D eigenvalue weighted by Crippen LogP contribution is -2.37. The van der Waals surface area contributed by atoms with E-state index in [0.29, 0.717) is 16.5 Å². The molecule has 4 heteroatoms. The molecule has 1 rings (SSSR count). The van der Waals surface area contributed by atoms with Gasteiger partial charge < -0.3 is 5.32 Å². The third-order valence-electron chi connectivity index (χ3n) is 2.43. The molecule has 0 saturated carbocycles. The number of benzene rings is 1. The third-order valence-corrected chi connectivity index (χ3v) is 3.04. The van der Waals surface area contributed by atoms with Crippen molar-refractivity contribution in [2.24, 2.45) is 0 Å². The molecule has 0 saturated heterocycles. The van der Waals surface area contributed by atoms with Gasteiger partial charge in [-0.2, -0.15) is 0 Å². The van der Waals surface area contributed by atoms with E-state index < -0.39 is 5.67 Å². The number of rotatable bonds is 5. The maximum Gasteiger partial charge on any atom is 0.140 e. The zero-order chi connectivity index (χ0) is 13.1. The normalized spacial score (nSPS) is 13.8. The summed E-state index contributed by atoms with van der Waals surface area (Å²) >= 11 is 3.15. The Hall–Kier alpha value is -0.480. The minimum absolute atomic E-state index is 0.0359. The van der Waals surface area contributed by atoms with Gasteiger partial charge in [-0.15, -0.1) is 0 Å². The second-order valence-electron chi connectivity index (χ2n) is 4.92. The Morgan fingerprint density at radius 2 is 2.06 bits per heavy atom. The van der Waals surface area contributed by atoms with Gasteiger partial charge in [-0.05, 0) is 54.8 Å². The van der Waals surface area contributed by atoms with Crippen LogP contribution in [0.4, 0.5) is 8.78 Å². The molecule has 0 heterocycles. The van der Waals surface area contributed by atoms with Crippen LogP contribution < -0.4 is 5.32 Å². The molecule has 0 bridgehead atoms. The Kier molecular flexibility index (Phi) is 5.07. The van der Waals surface area contributed by atoms with E-state index in [1.807, 2.05) is 6.92 Å². The average molecular weight is 306 g/mol. The Morgan fingerprint density at radius 3 is 2.65 bits per heavy atom. The first-order chi connectivity index (χ1) is 7.79. The quantitative estimate of drug-likeness (QED) is 0.871. The first-order valence-corrected chi connectivity index (χ1v) is 6.44. The molecule has 1 N–H and O–H groups in total. The Labute approximate surface area is 110 Å². The highest BCUT2D eigenvalue weighted by molar-refractivity contribution is 9.10. The van der Waals surface area contributed by atoms with Crippen molar-refractivity contribution in [3.63, 3.8) is 0 Å². The third kappa shape index (κ3) is 5.13. The molecular weight excluding hydrogens is 288 g/mol. The number of alkyl halides is 1. The molecule has 0 aromatic heterocycles. The summed E-state index contributed by atoms with van der Waals surface area (Å²) in [4.78, 5) is 0. The molecule has 1 unspecified atom stereocenters. The van der Waals surface area contributed by atoms with Gasteiger partial charge >= 0.3 is 0 Å². The topological polar surface area (TPSA) is 12.0 Å². The van der Waals surface area contributed by atoms with E-state index in [1.54, 1.807) is 18.2 Å². The van der Waals surface area contributed by atoms with Crippen molar-refractivity contribution < 1.29 is 8.78 Å². The summed E-state index contributed by atoms with van der Waals surface area (Å²) in [5.74, 6) is -0.236. The average Bonchev–Trinajstić information content (AvgIpc) is 2.21. The van der Waals surface area contributed by atoms with Gasteiger partial charge in [0.05, 0.1) is 4.47 Å². The van der Waals surface area contributed by atoms with Crippen molar-refractivity contribution in [2.45, 2.75) is 38.9 Å². The highest BCUT2D eigenvalue weighted by atomic mass is 79.9. The van der Waals surface area contributed by atoms with Crippen LogP contribution >= 0.6 is 15.9 Å². The predicted molar refractivity (Wildman–Crippen MR) is 70.5 cm³/mol. The summed E-state index contributed by atoms with van der Waals surface area (Å²) in [5.41, 5.74) is -0.611. The van der Waals surface area contributed by atoms with E-state index >= 15 is 0 Å². The van der Waals surface area contributed by atoms with Gasteiger partial charge in [-0.1, -0.05) is 12.1 Å². The lowest BCUT2D eigenvalue weighted by atomic mass is 10.1. The van der Waals surface area contributed by atoms with Crippen molar-refractivity contribution in [1.82, 2.24) is 5.32 Å². The van der Waals surface area contributed by atoms with Gasteiger partial charge in [-0.25, -0.2) is 8.78 Å². The Morgan fingerprint density at radius 1 is 1.41 bits per heavy atom. The zero-order valence-corrected chi connectivity index (χ0v) is 11.9. The Balaban J connectivity index is 2.56. The molecule has 0 amide bonds. The van der Waals surface area contributed by atoms with Gasteiger partial charge in [0.1, 0.15) is 11.5 Å². The van der Waals surface area contributed by atoms with Crippen LogP contribution in [-0.4, -0.2) is 18.3 Å². The van der Waals surface area contributed by atoms with Crippen molar-refractivity contribution in [3.8, 4) is 0 Å². The largest absolute Gasteiger partial charge is 0.311 e. The summed E-state index contributed by atoms with van der Waals surface area (Å²) in [6.07, 6.45) is 0.543.